The summed E-state index contributed by atoms with van der Waals surface area (Å²) in [5.74, 6) is 0.0303. The summed E-state index contributed by atoms with van der Waals surface area (Å²) in [5.41, 5.74) is 0.583. The van der Waals surface area contributed by atoms with Gasteiger partial charge in [0.2, 0.25) is 0 Å². The molecule has 1 aromatic carbocycles. The van der Waals surface area contributed by atoms with Crippen molar-refractivity contribution >= 4 is 33.4 Å². The lowest BCUT2D eigenvalue weighted by Gasteiger charge is -2.43. The number of nitrogens with zero attached hydrogens (tertiary/aromatic N) is 2. The molecule has 0 saturated carbocycles. The Balaban J connectivity index is 1.65. The summed E-state index contributed by atoms with van der Waals surface area (Å²) < 4.78 is 0.879. The molecule has 0 atom stereocenters. The van der Waals surface area contributed by atoms with Crippen LogP contribution in [0.1, 0.15) is 10.4 Å². The molecule has 1 amide bonds. The summed E-state index contributed by atoms with van der Waals surface area (Å²) in [6, 6.07) is 6.06. The minimum atomic E-state index is 0.0303. The van der Waals surface area contributed by atoms with E-state index in [-0.39, 0.29) is 5.91 Å². The smallest absolute Gasteiger partial charge is 0.255 e. The van der Waals surface area contributed by atoms with Crippen LogP contribution in [0.2, 0.25) is 5.02 Å². The van der Waals surface area contributed by atoms with Crippen LogP contribution in [-0.2, 0) is 0 Å². The first-order valence-electron chi connectivity index (χ1n) is 6.84. The molecule has 6 heteroatoms. The van der Waals surface area contributed by atoms with Crippen molar-refractivity contribution in [3.63, 3.8) is 0 Å². The Morgan fingerprint density at radius 3 is 2.55 bits per heavy atom. The maximum absolute atomic E-state index is 12.5. The van der Waals surface area contributed by atoms with E-state index in [0.717, 1.165) is 43.7 Å². The lowest BCUT2D eigenvalue weighted by molar-refractivity contribution is 0.0502. The summed E-state index contributed by atoms with van der Waals surface area (Å²) in [4.78, 5) is 16.9. The molecule has 1 aromatic rings. The van der Waals surface area contributed by atoms with Crippen LogP contribution in [-0.4, -0.2) is 61.0 Å². The highest BCUT2D eigenvalue weighted by atomic mass is 79.9. The third-order valence-corrected chi connectivity index (χ3v) is 4.86. The molecule has 0 aromatic heterocycles. The number of piperazine rings is 1. The molecule has 0 radical (unpaired) electrons. The number of rotatable bonds is 2. The number of nitrogens with one attached hydrogen (secondary N) is 1. The fraction of sp³-hybridized carbons (Fsp3) is 0.500. The van der Waals surface area contributed by atoms with Gasteiger partial charge in [0, 0.05) is 49.8 Å². The van der Waals surface area contributed by atoms with Gasteiger partial charge in [0.1, 0.15) is 0 Å². The van der Waals surface area contributed by atoms with Crippen molar-refractivity contribution in [2.75, 3.05) is 39.3 Å². The van der Waals surface area contributed by atoms with Gasteiger partial charge >= 0.3 is 0 Å². The third-order valence-electron chi connectivity index (χ3n) is 4.04. The van der Waals surface area contributed by atoms with Crippen molar-refractivity contribution in [3.8, 4) is 0 Å². The summed E-state index contributed by atoms with van der Waals surface area (Å²) in [6.07, 6.45) is 0. The zero-order valence-electron chi connectivity index (χ0n) is 11.1. The first-order chi connectivity index (χ1) is 9.65. The number of amides is 1. The highest BCUT2D eigenvalue weighted by Crippen LogP contribution is 2.23. The molecule has 3 rings (SSSR count). The molecule has 0 spiro atoms. The molecular weight excluding hydrogens is 342 g/mol. The molecular formula is C14H17BrClN3O. The molecule has 108 valence electrons. The molecule has 2 heterocycles. The molecule has 2 saturated heterocycles. The second-order valence-electron chi connectivity index (χ2n) is 5.26. The highest BCUT2D eigenvalue weighted by Gasteiger charge is 2.29. The zero-order chi connectivity index (χ0) is 14.1. The molecule has 0 unspecified atom stereocenters. The number of halogens is 2. The van der Waals surface area contributed by atoms with E-state index in [1.807, 2.05) is 11.0 Å². The zero-order valence-corrected chi connectivity index (χ0v) is 13.5. The summed E-state index contributed by atoms with van der Waals surface area (Å²) in [6.45, 7) is 5.60. The quantitative estimate of drug-likeness (QED) is 0.876. The SMILES string of the molecule is O=C(c1cc(Br)ccc1Cl)N1CCN(C2CNC2)CC1. The summed E-state index contributed by atoms with van der Waals surface area (Å²) in [5, 5.41) is 3.80. The van der Waals surface area contributed by atoms with Crippen molar-refractivity contribution in [1.82, 2.24) is 15.1 Å². The molecule has 2 fully saturated rings. The maximum atomic E-state index is 12.5. The van der Waals surface area contributed by atoms with Gasteiger partial charge in [-0.25, -0.2) is 0 Å². The minimum Gasteiger partial charge on any atom is -0.336 e. The Kier molecular flexibility index (Phi) is 4.31. The fourth-order valence-electron chi connectivity index (χ4n) is 2.65. The Hall–Kier alpha value is -0.620. The topological polar surface area (TPSA) is 35.6 Å². The number of carbonyl (C=O) groups excluding carboxylic acids is 1. The van der Waals surface area contributed by atoms with E-state index in [9.17, 15) is 4.79 Å². The first kappa shape index (κ1) is 14.3. The molecule has 2 aliphatic heterocycles. The second kappa shape index (κ2) is 6.02. The van der Waals surface area contributed by atoms with Crippen LogP contribution in [0.4, 0.5) is 0 Å². The van der Waals surface area contributed by atoms with Gasteiger partial charge in [0.25, 0.3) is 5.91 Å². The first-order valence-corrected chi connectivity index (χ1v) is 8.01. The van der Waals surface area contributed by atoms with Gasteiger partial charge in [0.05, 0.1) is 10.6 Å². The van der Waals surface area contributed by atoms with Crippen LogP contribution < -0.4 is 5.32 Å². The Bertz CT molecular complexity index is 513. The van der Waals surface area contributed by atoms with E-state index < -0.39 is 0 Å². The second-order valence-corrected chi connectivity index (χ2v) is 6.59. The average Bonchev–Trinajstić information content (AvgIpc) is 2.40. The standard InChI is InChI=1S/C14H17BrClN3O/c15-10-1-2-13(16)12(7-10)14(20)19-5-3-18(4-6-19)11-8-17-9-11/h1-2,7,11,17H,3-6,8-9H2. The van der Waals surface area contributed by atoms with Crippen molar-refractivity contribution in [3.05, 3.63) is 33.3 Å². The van der Waals surface area contributed by atoms with Crippen LogP contribution in [0.3, 0.4) is 0 Å². The van der Waals surface area contributed by atoms with E-state index in [0.29, 0.717) is 16.6 Å². The molecule has 0 aliphatic carbocycles. The number of carbonyl (C=O) groups is 1. The largest absolute Gasteiger partial charge is 0.336 e. The molecule has 20 heavy (non-hydrogen) atoms. The third kappa shape index (κ3) is 2.86. The molecule has 0 bridgehead atoms. The maximum Gasteiger partial charge on any atom is 0.255 e. The average molecular weight is 359 g/mol. The summed E-state index contributed by atoms with van der Waals surface area (Å²) in [7, 11) is 0. The predicted octanol–water partition coefficient (Wildman–Crippen LogP) is 1.83. The van der Waals surface area contributed by atoms with Gasteiger partial charge in [0.15, 0.2) is 0 Å². The van der Waals surface area contributed by atoms with E-state index in [4.69, 9.17) is 11.6 Å². The fourth-order valence-corrected chi connectivity index (χ4v) is 3.21. The van der Waals surface area contributed by atoms with Crippen molar-refractivity contribution in [2.24, 2.45) is 0 Å². The Morgan fingerprint density at radius 1 is 1.25 bits per heavy atom. The van der Waals surface area contributed by atoms with Crippen molar-refractivity contribution in [2.45, 2.75) is 6.04 Å². The lowest BCUT2D eigenvalue weighted by Crippen LogP contribution is -2.62. The minimum absolute atomic E-state index is 0.0303. The van der Waals surface area contributed by atoms with Crippen LogP contribution in [0, 0.1) is 0 Å². The number of benzene rings is 1. The van der Waals surface area contributed by atoms with Gasteiger partial charge in [-0.3, -0.25) is 9.69 Å². The molecule has 4 nitrogen and oxygen atoms in total. The number of hydrogen-bond donors (Lipinski definition) is 1. The van der Waals surface area contributed by atoms with E-state index >= 15 is 0 Å². The van der Waals surface area contributed by atoms with Gasteiger partial charge in [-0.1, -0.05) is 27.5 Å². The Labute approximate surface area is 132 Å². The summed E-state index contributed by atoms with van der Waals surface area (Å²) >= 11 is 9.52. The van der Waals surface area contributed by atoms with Crippen LogP contribution in [0.15, 0.2) is 22.7 Å². The van der Waals surface area contributed by atoms with Crippen LogP contribution in [0.5, 0.6) is 0 Å². The van der Waals surface area contributed by atoms with Crippen molar-refractivity contribution in [1.29, 1.82) is 0 Å². The van der Waals surface area contributed by atoms with Gasteiger partial charge in [-0.05, 0) is 18.2 Å². The van der Waals surface area contributed by atoms with E-state index in [1.165, 1.54) is 0 Å². The van der Waals surface area contributed by atoms with Crippen LogP contribution in [0.25, 0.3) is 0 Å². The van der Waals surface area contributed by atoms with Gasteiger partial charge in [-0.2, -0.15) is 0 Å². The van der Waals surface area contributed by atoms with E-state index in [2.05, 4.69) is 26.1 Å². The molecule has 2 aliphatic rings. The van der Waals surface area contributed by atoms with Crippen LogP contribution >= 0.6 is 27.5 Å². The Morgan fingerprint density at radius 2 is 1.95 bits per heavy atom. The predicted molar refractivity (Wildman–Crippen MR) is 83.3 cm³/mol. The number of hydrogen-bond acceptors (Lipinski definition) is 3. The molecule has 1 N–H and O–H groups in total. The van der Waals surface area contributed by atoms with E-state index in [1.54, 1.807) is 12.1 Å². The lowest BCUT2D eigenvalue weighted by atomic mass is 10.1. The monoisotopic (exact) mass is 357 g/mol. The highest BCUT2D eigenvalue weighted by molar-refractivity contribution is 9.10. The normalized spacial score (nSPS) is 20.8. The van der Waals surface area contributed by atoms with Gasteiger partial charge < -0.3 is 10.2 Å². The van der Waals surface area contributed by atoms with Crippen molar-refractivity contribution < 1.29 is 4.79 Å². The van der Waals surface area contributed by atoms with Gasteiger partial charge in [-0.15, -0.1) is 0 Å².